The fourth-order valence-electron chi connectivity index (χ4n) is 1.97. The number of thiazole rings is 1. The zero-order valence-electron chi connectivity index (χ0n) is 12.9. The van der Waals surface area contributed by atoms with E-state index in [1.807, 2.05) is 38.2 Å². The quantitative estimate of drug-likeness (QED) is 0.575. The number of hydrogen-bond acceptors (Lipinski definition) is 5. The third-order valence-electron chi connectivity index (χ3n) is 3.06. The van der Waals surface area contributed by atoms with E-state index in [1.54, 1.807) is 23.1 Å². The van der Waals surface area contributed by atoms with Gasteiger partial charge in [-0.2, -0.15) is 0 Å². The predicted molar refractivity (Wildman–Crippen MR) is 93.7 cm³/mol. The lowest BCUT2D eigenvalue weighted by Crippen LogP contribution is -2.27. The number of nitrogens with one attached hydrogen (secondary N) is 2. The van der Waals surface area contributed by atoms with Crippen LogP contribution < -0.4 is 10.6 Å². The first-order valence-electron chi connectivity index (χ1n) is 7.26. The fourth-order valence-corrected chi connectivity index (χ4v) is 3.63. The lowest BCUT2D eigenvalue weighted by molar-refractivity contribution is 0.0950. The van der Waals surface area contributed by atoms with E-state index in [0.717, 1.165) is 39.9 Å². The van der Waals surface area contributed by atoms with Crippen molar-refractivity contribution in [2.75, 3.05) is 20.1 Å². The molecule has 0 spiro atoms. The number of aryl methyl sites for hydroxylation is 1. The van der Waals surface area contributed by atoms with Gasteiger partial charge in [0.15, 0.2) is 0 Å². The highest BCUT2D eigenvalue weighted by Gasteiger charge is 2.11. The molecule has 0 atom stereocenters. The van der Waals surface area contributed by atoms with Crippen LogP contribution >= 0.6 is 23.1 Å². The summed E-state index contributed by atoms with van der Waals surface area (Å²) in [5.74, 6) is 0.780. The molecule has 6 heteroatoms. The number of carbonyl (C=O) groups is 1. The SMILES string of the molecule is CNCCCNC(=O)c1ccccc1SCc1csc(C)n1. The number of nitrogens with zero attached hydrogens (tertiary/aromatic N) is 1. The van der Waals surface area contributed by atoms with Crippen molar-refractivity contribution in [2.24, 2.45) is 0 Å². The van der Waals surface area contributed by atoms with E-state index >= 15 is 0 Å². The molecule has 1 amide bonds. The predicted octanol–water partition coefficient (Wildman–Crippen LogP) is 3.08. The van der Waals surface area contributed by atoms with Gasteiger partial charge in [-0.15, -0.1) is 23.1 Å². The molecular weight excluding hydrogens is 314 g/mol. The van der Waals surface area contributed by atoms with E-state index < -0.39 is 0 Å². The van der Waals surface area contributed by atoms with Gasteiger partial charge in [0.1, 0.15) is 0 Å². The summed E-state index contributed by atoms with van der Waals surface area (Å²) in [6.45, 7) is 3.59. The van der Waals surface area contributed by atoms with E-state index in [0.29, 0.717) is 6.54 Å². The summed E-state index contributed by atoms with van der Waals surface area (Å²) < 4.78 is 0. The van der Waals surface area contributed by atoms with Crippen LogP contribution in [-0.2, 0) is 5.75 Å². The van der Waals surface area contributed by atoms with Gasteiger partial charge < -0.3 is 10.6 Å². The molecule has 0 fully saturated rings. The molecule has 0 aliphatic rings. The van der Waals surface area contributed by atoms with Crippen LogP contribution in [0.4, 0.5) is 0 Å². The molecular formula is C16H21N3OS2. The molecule has 0 bridgehead atoms. The highest BCUT2D eigenvalue weighted by Crippen LogP contribution is 2.26. The largest absolute Gasteiger partial charge is 0.352 e. The smallest absolute Gasteiger partial charge is 0.252 e. The molecule has 2 rings (SSSR count). The van der Waals surface area contributed by atoms with Crippen LogP contribution in [0.5, 0.6) is 0 Å². The molecule has 4 nitrogen and oxygen atoms in total. The van der Waals surface area contributed by atoms with Gasteiger partial charge in [-0.1, -0.05) is 12.1 Å². The van der Waals surface area contributed by atoms with E-state index in [1.165, 1.54) is 0 Å². The Balaban J connectivity index is 1.95. The Morgan fingerprint density at radius 2 is 2.14 bits per heavy atom. The molecule has 1 aromatic carbocycles. The van der Waals surface area contributed by atoms with Crippen molar-refractivity contribution in [1.29, 1.82) is 0 Å². The van der Waals surface area contributed by atoms with Gasteiger partial charge in [0.25, 0.3) is 5.91 Å². The van der Waals surface area contributed by atoms with Crippen LogP contribution in [0.15, 0.2) is 34.5 Å². The maximum atomic E-state index is 12.3. The molecule has 2 aromatic rings. The monoisotopic (exact) mass is 335 g/mol. The number of carbonyl (C=O) groups excluding carboxylic acids is 1. The Hall–Kier alpha value is -1.37. The van der Waals surface area contributed by atoms with Gasteiger partial charge in [-0.3, -0.25) is 4.79 Å². The van der Waals surface area contributed by atoms with Gasteiger partial charge in [-0.25, -0.2) is 4.98 Å². The zero-order chi connectivity index (χ0) is 15.8. The third kappa shape index (κ3) is 5.12. The topological polar surface area (TPSA) is 54.0 Å². The molecule has 0 aliphatic carbocycles. The lowest BCUT2D eigenvalue weighted by atomic mass is 10.2. The van der Waals surface area contributed by atoms with Gasteiger partial charge in [0.2, 0.25) is 0 Å². The molecule has 0 saturated heterocycles. The third-order valence-corrected chi connectivity index (χ3v) is 4.99. The van der Waals surface area contributed by atoms with Crippen LogP contribution in [-0.4, -0.2) is 31.0 Å². The Kier molecular flexibility index (Phi) is 6.89. The average molecular weight is 335 g/mol. The standard InChI is InChI=1S/C16H21N3OS2/c1-12-19-13(10-21-12)11-22-15-7-4-3-6-14(15)16(20)18-9-5-8-17-2/h3-4,6-7,10,17H,5,8-9,11H2,1-2H3,(H,18,20). The van der Waals surface area contributed by atoms with Crippen molar-refractivity contribution in [2.45, 2.75) is 24.0 Å². The van der Waals surface area contributed by atoms with Crippen LogP contribution in [0.2, 0.25) is 0 Å². The van der Waals surface area contributed by atoms with Crippen LogP contribution in [0.3, 0.4) is 0 Å². The molecule has 2 N–H and O–H groups in total. The lowest BCUT2D eigenvalue weighted by Gasteiger charge is -2.09. The Morgan fingerprint density at radius 3 is 2.86 bits per heavy atom. The summed E-state index contributed by atoms with van der Waals surface area (Å²) in [6.07, 6.45) is 0.926. The van der Waals surface area contributed by atoms with Crippen molar-refractivity contribution < 1.29 is 4.79 Å². The summed E-state index contributed by atoms with van der Waals surface area (Å²) in [7, 11) is 1.91. The van der Waals surface area contributed by atoms with E-state index in [4.69, 9.17) is 0 Å². The first-order valence-corrected chi connectivity index (χ1v) is 9.13. The second kappa shape index (κ2) is 8.92. The van der Waals surface area contributed by atoms with Crippen LogP contribution in [0.25, 0.3) is 0 Å². The van der Waals surface area contributed by atoms with E-state index in [9.17, 15) is 4.79 Å². The molecule has 0 radical (unpaired) electrons. The van der Waals surface area contributed by atoms with Crippen molar-refractivity contribution in [3.63, 3.8) is 0 Å². The summed E-state index contributed by atoms with van der Waals surface area (Å²) in [4.78, 5) is 17.7. The van der Waals surface area contributed by atoms with E-state index in [2.05, 4.69) is 21.0 Å². The fraction of sp³-hybridized carbons (Fsp3) is 0.375. The summed E-state index contributed by atoms with van der Waals surface area (Å²) in [5, 5.41) is 9.19. The van der Waals surface area contributed by atoms with Gasteiger partial charge >= 0.3 is 0 Å². The van der Waals surface area contributed by atoms with Crippen LogP contribution in [0, 0.1) is 6.92 Å². The van der Waals surface area contributed by atoms with Crippen molar-refractivity contribution >= 4 is 29.0 Å². The first-order chi connectivity index (χ1) is 10.7. The molecule has 22 heavy (non-hydrogen) atoms. The van der Waals surface area contributed by atoms with Crippen molar-refractivity contribution in [1.82, 2.24) is 15.6 Å². The normalized spacial score (nSPS) is 10.6. The summed E-state index contributed by atoms with van der Waals surface area (Å²) in [6, 6.07) is 7.74. The summed E-state index contributed by atoms with van der Waals surface area (Å²) in [5.41, 5.74) is 1.81. The molecule has 1 aromatic heterocycles. The van der Waals surface area contributed by atoms with Gasteiger partial charge in [-0.05, 0) is 39.1 Å². The number of rotatable bonds is 8. The Bertz CT molecular complexity index is 613. The van der Waals surface area contributed by atoms with E-state index in [-0.39, 0.29) is 5.91 Å². The number of aromatic nitrogens is 1. The minimum Gasteiger partial charge on any atom is -0.352 e. The molecule has 1 heterocycles. The number of amides is 1. The second-order valence-corrected chi connectivity index (χ2v) is 6.94. The van der Waals surface area contributed by atoms with Crippen molar-refractivity contribution in [3.8, 4) is 0 Å². The molecule has 0 aliphatic heterocycles. The number of thioether (sulfide) groups is 1. The maximum absolute atomic E-state index is 12.3. The number of hydrogen-bond donors (Lipinski definition) is 2. The van der Waals surface area contributed by atoms with Gasteiger partial charge in [0, 0.05) is 22.6 Å². The molecule has 0 saturated carbocycles. The molecule has 118 valence electrons. The Morgan fingerprint density at radius 1 is 1.32 bits per heavy atom. The highest BCUT2D eigenvalue weighted by molar-refractivity contribution is 7.98. The second-order valence-electron chi connectivity index (χ2n) is 4.86. The van der Waals surface area contributed by atoms with Crippen LogP contribution in [0.1, 0.15) is 27.5 Å². The van der Waals surface area contributed by atoms with Gasteiger partial charge in [0.05, 0.1) is 16.3 Å². The average Bonchev–Trinajstić information content (AvgIpc) is 2.95. The Labute approximate surface area is 139 Å². The van der Waals surface area contributed by atoms with Crippen molar-refractivity contribution in [3.05, 3.63) is 45.9 Å². The molecule has 0 unspecified atom stereocenters. The summed E-state index contributed by atoms with van der Waals surface area (Å²) >= 11 is 3.31. The highest BCUT2D eigenvalue weighted by atomic mass is 32.2. The minimum absolute atomic E-state index is 0.00587. The maximum Gasteiger partial charge on any atom is 0.252 e. The first kappa shape index (κ1) is 17.0. The zero-order valence-corrected chi connectivity index (χ0v) is 14.5. The number of benzene rings is 1. The minimum atomic E-state index is -0.00587.